The van der Waals surface area contributed by atoms with E-state index in [9.17, 15) is 4.79 Å². The van der Waals surface area contributed by atoms with Crippen molar-refractivity contribution >= 4 is 20.1 Å². The first-order chi connectivity index (χ1) is 11.4. The van der Waals surface area contributed by atoms with E-state index in [1.54, 1.807) is 0 Å². The monoisotopic (exact) mass is 361 g/mol. The molecular formula is C19H31N3O2Si. The number of nitrogens with one attached hydrogen (secondary N) is 1. The summed E-state index contributed by atoms with van der Waals surface area (Å²) in [5.74, 6) is 0.571. The molecule has 0 aliphatic carbocycles. The molecule has 1 N–H and O–H groups in total. The van der Waals surface area contributed by atoms with E-state index in [2.05, 4.69) is 49.2 Å². The summed E-state index contributed by atoms with van der Waals surface area (Å²) in [6.07, 6.45) is 1.81. The molecule has 0 saturated carbocycles. The SMILES string of the molecule is CC(C)C1(C)NC(c2ccc(CO[Si](C)(C)C(C)(C)C)cn2)=NC1=O. The predicted molar refractivity (Wildman–Crippen MR) is 104 cm³/mol. The molecule has 0 spiro atoms. The van der Waals surface area contributed by atoms with Crippen molar-refractivity contribution in [2.45, 2.75) is 71.8 Å². The van der Waals surface area contributed by atoms with E-state index in [-0.39, 0.29) is 16.9 Å². The Morgan fingerprint density at radius 2 is 1.92 bits per heavy atom. The number of hydrogen-bond donors (Lipinski definition) is 1. The number of nitrogens with zero attached hydrogens (tertiary/aromatic N) is 2. The summed E-state index contributed by atoms with van der Waals surface area (Å²) < 4.78 is 6.23. The van der Waals surface area contributed by atoms with Gasteiger partial charge in [-0.3, -0.25) is 9.78 Å². The Kier molecular flexibility index (Phi) is 5.26. The summed E-state index contributed by atoms with van der Waals surface area (Å²) in [7, 11) is -1.78. The summed E-state index contributed by atoms with van der Waals surface area (Å²) in [5.41, 5.74) is 1.07. The molecular weight excluding hydrogens is 330 g/mol. The van der Waals surface area contributed by atoms with Crippen LogP contribution in [0.5, 0.6) is 0 Å². The van der Waals surface area contributed by atoms with Crippen molar-refractivity contribution in [3.05, 3.63) is 29.6 Å². The molecule has 0 aromatic carbocycles. The molecule has 1 aliphatic rings. The van der Waals surface area contributed by atoms with Crippen LogP contribution < -0.4 is 5.32 Å². The van der Waals surface area contributed by atoms with Gasteiger partial charge in [-0.1, -0.05) is 40.7 Å². The Hall–Kier alpha value is -1.53. The van der Waals surface area contributed by atoms with Gasteiger partial charge in [-0.15, -0.1) is 0 Å². The third-order valence-corrected chi connectivity index (χ3v) is 10.1. The first-order valence-corrected chi connectivity index (χ1v) is 11.8. The van der Waals surface area contributed by atoms with Gasteiger partial charge in [-0.2, -0.15) is 4.99 Å². The van der Waals surface area contributed by atoms with Gasteiger partial charge in [0.25, 0.3) is 5.91 Å². The van der Waals surface area contributed by atoms with Crippen molar-refractivity contribution in [3.8, 4) is 0 Å². The average Bonchev–Trinajstić information content (AvgIpc) is 2.82. The number of hydrogen-bond acceptors (Lipinski definition) is 4. The second-order valence-corrected chi connectivity index (χ2v) is 13.7. The lowest BCUT2D eigenvalue weighted by Gasteiger charge is -2.36. The quantitative estimate of drug-likeness (QED) is 0.808. The fourth-order valence-electron chi connectivity index (χ4n) is 2.19. The van der Waals surface area contributed by atoms with Crippen molar-refractivity contribution < 1.29 is 9.22 Å². The number of pyridine rings is 1. The highest BCUT2D eigenvalue weighted by Crippen LogP contribution is 2.37. The van der Waals surface area contributed by atoms with Gasteiger partial charge in [0.2, 0.25) is 0 Å². The molecule has 1 aromatic heterocycles. The zero-order chi connectivity index (χ0) is 19.0. The van der Waals surface area contributed by atoms with Gasteiger partial charge >= 0.3 is 0 Å². The highest BCUT2D eigenvalue weighted by Gasteiger charge is 2.42. The first-order valence-electron chi connectivity index (χ1n) is 8.87. The molecule has 1 amide bonds. The Morgan fingerprint density at radius 3 is 2.36 bits per heavy atom. The van der Waals surface area contributed by atoms with Crippen LogP contribution in [0.2, 0.25) is 18.1 Å². The van der Waals surface area contributed by atoms with E-state index in [0.29, 0.717) is 18.1 Å². The minimum atomic E-state index is -1.78. The number of rotatable bonds is 5. The number of carbonyl (C=O) groups is 1. The van der Waals surface area contributed by atoms with Gasteiger partial charge in [0.1, 0.15) is 11.2 Å². The second-order valence-electron chi connectivity index (χ2n) is 8.85. The molecule has 6 heteroatoms. The standard InChI is InChI=1S/C19H31N3O2Si/c1-13(2)19(6)17(23)21-16(22-19)15-10-9-14(11-20-15)12-24-25(7,8)18(3,4)5/h9-11,13H,12H2,1-8H3,(H,21,22,23). The maximum absolute atomic E-state index is 12.2. The van der Waals surface area contributed by atoms with Crippen LogP contribution in [-0.4, -0.2) is 30.6 Å². The predicted octanol–water partition coefficient (Wildman–Crippen LogP) is 3.89. The third kappa shape index (κ3) is 4.01. The fourth-order valence-corrected chi connectivity index (χ4v) is 3.15. The lowest BCUT2D eigenvalue weighted by Crippen LogP contribution is -2.50. The van der Waals surface area contributed by atoms with Crippen molar-refractivity contribution in [2.24, 2.45) is 10.9 Å². The summed E-state index contributed by atoms with van der Waals surface area (Å²) >= 11 is 0. The molecule has 5 nitrogen and oxygen atoms in total. The van der Waals surface area contributed by atoms with Crippen LogP contribution in [0.15, 0.2) is 23.3 Å². The molecule has 2 heterocycles. The fraction of sp³-hybridized carbons (Fsp3) is 0.632. The minimum absolute atomic E-state index is 0.135. The van der Waals surface area contributed by atoms with E-state index in [4.69, 9.17) is 4.43 Å². The molecule has 0 saturated heterocycles. The van der Waals surface area contributed by atoms with E-state index in [1.807, 2.05) is 39.1 Å². The van der Waals surface area contributed by atoms with Crippen LogP contribution in [0.3, 0.4) is 0 Å². The van der Waals surface area contributed by atoms with Gasteiger partial charge in [-0.25, -0.2) is 0 Å². The molecule has 25 heavy (non-hydrogen) atoms. The van der Waals surface area contributed by atoms with Gasteiger partial charge < -0.3 is 9.74 Å². The van der Waals surface area contributed by atoms with Crippen LogP contribution in [0.1, 0.15) is 52.8 Å². The number of amidine groups is 1. The van der Waals surface area contributed by atoms with Gasteiger partial charge in [0, 0.05) is 6.20 Å². The van der Waals surface area contributed by atoms with Crippen LogP contribution in [0.25, 0.3) is 0 Å². The van der Waals surface area contributed by atoms with Crippen LogP contribution in [0.4, 0.5) is 0 Å². The van der Waals surface area contributed by atoms with Crippen molar-refractivity contribution in [1.82, 2.24) is 10.3 Å². The van der Waals surface area contributed by atoms with Crippen molar-refractivity contribution in [3.63, 3.8) is 0 Å². The smallest absolute Gasteiger partial charge is 0.273 e. The number of amides is 1. The maximum Gasteiger partial charge on any atom is 0.273 e. The van der Waals surface area contributed by atoms with Crippen molar-refractivity contribution in [1.29, 1.82) is 0 Å². The third-order valence-electron chi connectivity index (χ3n) is 5.66. The lowest BCUT2D eigenvalue weighted by atomic mass is 9.88. The maximum atomic E-state index is 12.2. The van der Waals surface area contributed by atoms with Gasteiger partial charge in [0.15, 0.2) is 14.2 Å². The Labute approximate surface area is 152 Å². The van der Waals surface area contributed by atoms with E-state index in [1.165, 1.54) is 0 Å². The van der Waals surface area contributed by atoms with Crippen LogP contribution in [-0.2, 0) is 15.8 Å². The van der Waals surface area contributed by atoms with Crippen LogP contribution in [0, 0.1) is 5.92 Å². The normalized spacial score (nSPS) is 21.5. The summed E-state index contributed by atoms with van der Waals surface area (Å²) in [6, 6.07) is 3.89. The Bertz CT molecular complexity index is 675. The number of aliphatic imine (C=N–C) groups is 1. The molecule has 1 aromatic rings. The highest BCUT2D eigenvalue weighted by molar-refractivity contribution is 6.74. The molecule has 0 bridgehead atoms. The van der Waals surface area contributed by atoms with Gasteiger partial charge in [-0.05, 0) is 42.6 Å². The minimum Gasteiger partial charge on any atom is -0.413 e. The average molecular weight is 362 g/mol. The van der Waals surface area contributed by atoms with E-state index >= 15 is 0 Å². The topological polar surface area (TPSA) is 63.6 Å². The summed E-state index contributed by atoms with van der Waals surface area (Å²) in [6.45, 7) is 17.6. The zero-order valence-corrected chi connectivity index (χ0v) is 17.7. The first kappa shape index (κ1) is 19.8. The van der Waals surface area contributed by atoms with E-state index in [0.717, 1.165) is 5.56 Å². The molecule has 1 atom stereocenters. The van der Waals surface area contributed by atoms with E-state index < -0.39 is 13.9 Å². The molecule has 1 aliphatic heterocycles. The summed E-state index contributed by atoms with van der Waals surface area (Å²) in [4.78, 5) is 20.8. The lowest BCUT2D eigenvalue weighted by molar-refractivity contribution is -0.123. The Morgan fingerprint density at radius 1 is 1.28 bits per heavy atom. The largest absolute Gasteiger partial charge is 0.413 e. The molecule has 0 fully saturated rings. The van der Waals surface area contributed by atoms with Crippen LogP contribution >= 0.6 is 0 Å². The molecule has 138 valence electrons. The molecule has 0 radical (unpaired) electrons. The molecule has 1 unspecified atom stereocenters. The zero-order valence-electron chi connectivity index (χ0n) is 16.7. The summed E-state index contributed by atoms with van der Waals surface area (Å²) in [5, 5.41) is 3.43. The Balaban J connectivity index is 2.07. The highest BCUT2D eigenvalue weighted by atomic mass is 28.4. The number of aromatic nitrogens is 1. The second kappa shape index (κ2) is 6.65. The molecule has 2 rings (SSSR count). The van der Waals surface area contributed by atoms with Crippen molar-refractivity contribution in [2.75, 3.05) is 0 Å². The number of carbonyl (C=O) groups excluding carboxylic acids is 1. The van der Waals surface area contributed by atoms with Gasteiger partial charge in [0.05, 0.1) is 6.61 Å².